The lowest BCUT2D eigenvalue weighted by Crippen LogP contribution is -2.19. The third-order valence-electron chi connectivity index (χ3n) is 4.92. The van der Waals surface area contributed by atoms with Crippen LogP contribution in [-0.4, -0.2) is 9.55 Å². The molecule has 120 valence electrons. The van der Waals surface area contributed by atoms with Crippen LogP contribution < -0.4 is 5.43 Å². The molecule has 1 aliphatic rings. The van der Waals surface area contributed by atoms with E-state index in [9.17, 15) is 4.79 Å². The second kappa shape index (κ2) is 5.42. The number of pyridine rings is 2. The molecule has 0 aliphatic carbocycles. The number of benzene rings is 2. The molecular weight excluding hydrogens is 308 g/mol. The summed E-state index contributed by atoms with van der Waals surface area (Å²) in [6, 6.07) is 20.3. The molecule has 0 atom stereocenters. The zero-order valence-corrected chi connectivity index (χ0v) is 13.6. The molecule has 0 bridgehead atoms. The van der Waals surface area contributed by atoms with Gasteiger partial charge in [0.1, 0.15) is 0 Å². The van der Waals surface area contributed by atoms with E-state index in [0.717, 1.165) is 28.6 Å². The lowest BCUT2D eigenvalue weighted by Gasteiger charge is -2.26. The second-order valence-corrected chi connectivity index (χ2v) is 6.49. The highest BCUT2D eigenvalue weighted by Crippen LogP contribution is 2.32. The van der Waals surface area contributed by atoms with E-state index in [1.165, 1.54) is 16.8 Å². The van der Waals surface area contributed by atoms with Gasteiger partial charge in [-0.15, -0.1) is 0 Å². The summed E-state index contributed by atoms with van der Waals surface area (Å²) in [6.45, 7) is 0. The van der Waals surface area contributed by atoms with Gasteiger partial charge in [-0.25, -0.2) is 0 Å². The van der Waals surface area contributed by atoms with Crippen molar-refractivity contribution in [2.45, 2.75) is 12.8 Å². The van der Waals surface area contributed by atoms with Crippen molar-refractivity contribution >= 4 is 10.9 Å². The van der Waals surface area contributed by atoms with Crippen molar-refractivity contribution in [3.05, 3.63) is 106 Å². The lowest BCUT2D eigenvalue weighted by molar-refractivity contribution is 0.915. The van der Waals surface area contributed by atoms with Crippen molar-refractivity contribution in [2.24, 2.45) is 0 Å². The summed E-state index contributed by atoms with van der Waals surface area (Å²) in [5.41, 5.74) is 6.92. The van der Waals surface area contributed by atoms with Crippen molar-refractivity contribution < 1.29 is 0 Å². The molecule has 5 rings (SSSR count). The topological polar surface area (TPSA) is 34.9 Å². The van der Waals surface area contributed by atoms with Crippen molar-refractivity contribution in [2.75, 3.05) is 0 Å². The standard InChI is InChI=1S/C22H16N2O/c25-21-13-18(11-15-5-4-10-23-14-15)24-20-9-2-1-6-16(20)12-17-7-3-8-19(21)22(17)24/h1-10,13-14H,11-12H2. The Hall–Kier alpha value is -3.20. The first-order valence-corrected chi connectivity index (χ1v) is 8.45. The normalized spacial score (nSPS) is 12.2. The van der Waals surface area contributed by atoms with E-state index in [1.54, 1.807) is 12.3 Å². The number of hydrogen-bond acceptors (Lipinski definition) is 2. The molecule has 0 spiro atoms. The van der Waals surface area contributed by atoms with Crippen LogP contribution in [0.4, 0.5) is 0 Å². The molecule has 2 aromatic carbocycles. The maximum atomic E-state index is 12.7. The SMILES string of the molecule is O=c1cc(Cc2cccnc2)n2c3c(cccc13)Cc1ccccc1-2. The average Bonchev–Trinajstić information content (AvgIpc) is 2.65. The largest absolute Gasteiger partial charge is 0.312 e. The molecule has 3 nitrogen and oxygen atoms in total. The first-order chi connectivity index (χ1) is 12.3. The molecule has 4 aromatic rings. The van der Waals surface area contributed by atoms with Crippen molar-refractivity contribution in [3.8, 4) is 5.69 Å². The van der Waals surface area contributed by atoms with E-state index in [2.05, 4.69) is 45.9 Å². The van der Waals surface area contributed by atoms with Gasteiger partial charge in [-0.2, -0.15) is 0 Å². The molecule has 3 heteroatoms. The Morgan fingerprint density at radius 3 is 2.72 bits per heavy atom. The summed E-state index contributed by atoms with van der Waals surface area (Å²) in [5, 5.41) is 0.793. The first-order valence-electron chi connectivity index (χ1n) is 8.45. The highest BCUT2D eigenvalue weighted by atomic mass is 16.1. The van der Waals surface area contributed by atoms with Crippen LogP contribution in [0.15, 0.2) is 77.9 Å². The molecule has 0 saturated heterocycles. The van der Waals surface area contributed by atoms with Gasteiger partial charge in [0.25, 0.3) is 0 Å². The van der Waals surface area contributed by atoms with Crippen LogP contribution >= 0.6 is 0 Å². The molecule has 0 N–H and O–H groups in total. The minimum Gasteiger partial charge on any atom is -0.312 e. The van der Waals surface area contributed by atoms with Crippen molar-refractivity contribution in [1.82, 2.24) is 9.55 Å². The van der Waals surface area contributed by atoms with Gasteiger partial charge in [-0.05, 0) is 34.9 Å². The van der Waals surface area contributed by atoms with Crippen LogP contribution in [-0.2, 0) is 12.8 Å². The summed E-state index contributed by atoms with van der Waals surface area (Å²) in [5.74, 6) is 0. The summed E-state index contributed by atoms with van der Waals surface area (Å²) in [4.78, 5) is 16.9. The van der Waals surface area contributed by atoms with Gasteiger partial charge in [0.2, 0.25) is 0 Å². The summed E-state index contributed by atoms with van der Waals surface area (Å²) in [7, 11) is 0. The molecule has 0 unspecified atom stereocenters. The Morgan fingerprint density at radius 2 is 1.84 bits per heavy atom. The minimum absolute atomic E-state index is 0.0892. The average molecular weight is 324 g/mol. The lowest BCUT2D eigenvalue weighted by atomic mass is 9.94. The number of hydrogen-bond donors (Lipinski definition) is 0. The van der Waals surface area contributed by atoms with E-state index in [-0.39, 0.29) is 5.43 Å². The fraction of sp³-hybridized carbons (Fsp3) is 0.0909. The van der Waals surface area contributed by atoms with Crippen LogP contribution in [0.3, 0.4) is 0 Å². The van der Waals surface area contributed by atoms with Gasteiger partial charge >= 0.3 is 0 Å². The van der Waals surface area contributed by atoms with E-state index in [4.69, 9.17) is 0 Å². The quantitative estimate of drug-likeness (QED) is 0.494. The Balaban J connectivity index is 1.86. The maximum absolute atomic E-state index is 12.7. The molecule has 0 amide bonds. The number of para-hydroxylation sites is 2. The predicted octanol–water partition coefficient (Wildman–Crippen LogP) is 3.88. The van der Waals surface area contributed by atoms with Crippen molar-refractivity contribution in [1.29, 1.82) is 0 Å². The van der Waals surface area contributed by atoms with E-state index in [0.29, 0.717) is 6.42 Å². The number of fused-ring (bicyclic) bond motifs is 2. The summed E-state index contributed by atoms with van der Waals surface area (Å²) >= 11 is 0. The molecule has 2 aromatic heterocycles. The van der Waals surface area contributed by atoms with Crippen LogP contribution in [0.5, 0.6) is 0 Å². The zero-order valence-electron chi connectivity index (χ0n) is 13.6. The van der Waals surface area contributed by atoms with Gasteiger partial charge in [-0.3, -0.25) is 9.78 Å². The van der Waals surface area contributed by atoms with Gasteiger partial charge in [0.05, 0.1) is 5.52 Å². The maximum Gasteiger partial charge on any atom is 0.189 e. The molecule has 1 aliphatic heterocycles. The third kappa shape index (κ3) is 2.20. The number of aromatic nitrogens is 2. The molecule has 25 heavy (non-hydrogen) atoms. The number of rotatable bonds is 2. The fourth-order valence-corrected chi connectivity index (χ4v) is 3.83. The third-order valence-corrected chi connectivity index (χ3v) is 4.92. The molecular formula is C22H16N2O. The van der Waals surface area contributed by atoms with Crippen LogP contribution in [0.25, 0.3) is 16.6 Å². The smallest absolute Gasteiger partial charge is 0.189 e. The highest BCUT2D eigenvalue weighted by Gasteiger charge is 2.20. The van der Waals surface area contributed by atoms with Gasteiger partial charge in [0, 0.05) is 48.1 Å². The van der Waals surface area contributed by atoms with Gasteiger partial charge < -0.3 is 4.57 Å². The minimum atomic E-state index is 0.0892. The predicted molar refractivity (Wildman–Crippen MR) is 99.4 cm³/mol. The molecule has 0 fully saturated rings. The first kappa shape index (κ1) is 14.2. The van der Waals surface area contributed by atoms with E-state index < -0.39 is 0 Å². The monoisotopic (exact) mass is 324 g/mol. The van der Waals surface area contributed by atoms with Crippen LogP contribution in [0.1, 0.15) is 22.4 Å². The zero-order chi connectivity index (χ0) is 16.8. The summed E-state index contributed by atoms with van der Waals surface area (Å²) < 4.78 is 2.26. The second-order valence-electron chi connectivity index (χ2n) is 6.49. The van der Waals surface area contributed by atoms with Crippen LogP contribution in [0.2, 0.25) is 0 Å². The summed E-state index contributed by atoms with van der Waals surface area (Å²) in [6.07, 6.45) is 5.18. The molecule has 0 radical (unpaired) electrons. The Labute approximate surface area is 145 Å². The molecule has 0 saturated carbocycles. The Kier molecular flexibility index (Phi) is 3.07. The highest BCUT2D eigenvalue weighted by molar-refractivity contribution is 5.86. The molecule has 3 heterocycles. The number of nitrogens with zero attached hydrogens (tertiary/aromatic N) is 2. The van der Waals surface area contributed by atoms with Gasteiger partial charge in [0.15, 0.2) is 5.43 Å². The van der Waals surface area contributed by atoms with E-state index in [1.807, 2.05) is 24.4 Å². The van der Waals surface area contributed by atoms with Gasteiger partial charge in [-0.1, -0.05) is 36.4 Å². The Morgan fingerprint density at radius 1 is 0.960 bits per heavy atom. The van der Waals surface area contributed by atoms with Crippen molar-refractivity contribution in [3.63, 3.8) is 0 Å². The van der Waals surface area contributed by atoms with Crippen LogP contribution in [0, 0.1) is 0 Å². The fourth-order valence-electron chi connectivity index (χ4n) is 3.83. The van der Waals surface area contributed by atoms with E-state index >= 15 is 0 Å². The Bertz CT molecular complexity index is 1160.